The van der Waals surface area contributed by atoms with Crippen LogP contribution in [0.15, 0.2) is 22.8 Å². The first-order valence-corrected chi connectivity index (χ1v) is 4.26. The van der Waals surface area contributed by atoms with Gasteiger partial charge in [-0.15, -0.1) is 0 Å². The van der Waals surface area contributed by atoms with Gasteiger partial charge in [0.05, 0.1) is 6.10 Å². The van der Waals surface area contributed by atoms with Crippen LogP contribution < -0.4 is 0 Å². The quantitative estimate of drug-likeness (QED) is 0.714. The third kappa shape index (κ3) is 1.76. The van der Waals surface area contributed by atoms with Crippen LogP contribution in [0.2, 0.25) is 0 Å². The number of allylic oxidation sites excluding steroid dienone is 2. The van der Waals surface area contributed by atoms with Crippen molar-refractivity contribution < 1.29 is 9.90 Å². The minimum atomic E-state index is -0.573. The minimum Gasteiger partial charge on any atom is -0.388 e. The molecule has 0 heterocycles. The van der Waals surface area contributed by atoms with Gasteiger partial charge < -0.3 is 5.11 Å². The van der Waals surface area contributed by atoms with Crippen LogP contribution in [0.25, 0.3) is 0 Å². The summed E-state index contributed by atoms with van der Waals surface area (Å²) in [5, 5.41) is 9.30. The Morgan fingerprint density at radius 1 is 1.75 bits per heavy atom. The molecule has 1 N–H and O–H groups in total. The molecule has 1 aliphatic rings. The lowest BCUT2D eigenvalue weighted by atomic mass is 10.1. The van der Waals surface area contributed by atoms with Crippen molar-refractivity contribution in [2.45, 2.75) is 25.9 Å². The maximum absolute atomic E-state index is 11.2. The Morgan fingerprint density at radius 2 is 2.42 bits per heavy atom. The third-order valence-corrected chi connectivity index (χ3v) is 2.28. The summed E-state index contributed by atoms with van der Waals surface area (Å²) in [6, 6.07) is 0. The first-order valence-electron chi connectivity index (χ1n) is 3.83. The van der Waals surface area contributed by atoms with Crippen molar-refractivity contribution in [2.24, 2.45) is 0 Å². The molecule has 0 saturated carbocycles. The molecule has 1 unspecified atom stereocenters. The fraction of sp³-hybridized carbons (Fsp3) is 0.444. The first-order chi connectivity index (χ1) is 5.66. The van der Waals surface area contributed by atoms with Crippen LogP contribution in [0.3, 0.4) is 0 Å². The predicted molar refractivity (Wildman–Crippen MR) is 47.9 cm³/mol. The summed E-state index contributed by atoms with van der Waals surface area (Å²) in [4.78, 5) is 11.2. The Labute approximate surface area is 76.5 Å². The van der Waals surface area contributed by atoms with Crippen LogP contribution in [0.4, 0.5) is 0 Å². The maximum Gasteiger partial charge on any atom is 0.162 e. The monoisotopic (exact) mass is 186 g/mol. The molecule has 0 spiro atoms. The maximum atomic E-state index is 11.2. The number of carbonyl (C=O) groups is 1. The predicted octanol–water partition coefficient (Wildman–Crippen LogP) is 1.78. The summed E-state index contributed by atoms with van der Waals surface area (Å²) in [7, 11) is 0. The summed E-state index contributed by atoms with van der Waals surface area (Å²) in [6.45, 7) is 1.78. The van der Waals surface area contributed by atoms with Gasteiger partial charge in [-0.1, -0.05) is 17.7 Å². The lowest BCUT2D eigenvalue weighted by Gasteiger charge is -1.99. The molecular formula is C9H11ClO2. The Bertz CT molecular complexity index is 253. The minimum absolute atomic E-state index is 0.0368. The van der Waals surface area contributed by atoms with Gasteiger partial charge in [0, 0.05) is 17.5 Å². The standard InChI is InChI=1S/C9H11ClO2/c1-6-7(3-2-4-10)9(12)5-8(6)11/h2,4,8,11H,3,5H2,1H3/b4-2+. The van der Waals surface area contributed by atoms with E-state index >= 15 is 0 Å². The molecule has 2 nitrogen and oxygen atoms in total. The largest absolute Gasteiger partial charge is 0.388 e. The molecule has 0 bridgehead atoms. The normalized spacial score (nSPS) is 24.6. The second-order valence-corrected chi connectivity index (χ2v) is 3.12. The molecule has 0 aromatic carbocycles. The Balaban J connectivity index is 2.78. The van der Waals surface area contributed by atoms with Gasteiger partial charge in [0.1, 0.15) is 0 Å². The van der Waals surface area contributed by atoms with Gasteiger partial charge in [-0.05, 0) is 18.9 Å². The van der Waals surface area contributed by atoms with Crippen LogP contribution >= 0.6 is 11.6 Å². The molecule has 0 amide bonds. The Kier molecular flexibility index (Phi) is 3.06. The van der Waals surface area contributed by atoms with Crippen molar-refractivity contribution in [3.8, 4) is 0 Å². The van der Waals surface area contributed by atoms with Crippen molar-refractivity contribution in [1.82, 2.24) is 0 Å². The molecule has 0 saturated heterocycles. The van der Waals surface area contributed by atoms with Crippen molar-refractivity contribution in [3.63, 3.8) is 0 Å². The van der Waals surface area contributed by atoms with Crippen molar-refractivity contribution in [2.75, 3.05) is 0 Å². The number of aliphatic hydroxyl groups is 1. The smallest absolute Gasteiger partial charge is 0.162 e. The second-order valence-electron chi connectivity index (χ2n) is 2.87. The number of halogens is 1. The summed E-state index contributed by atoms with van der Waals surface area (Å²) in [6.07, 6.45) is 1.90. The molecule has 0 radical (unpaired) electrons. The molecule has 3 heteroatoms. The van der Waals surface area contributed by atoms with Gasteiger partial charge >= 0.3 is 0 Å². The Morgan fingerprint density at radius 3 is 2.83 bits per heavy atom. The molecule has 0 aromatic rings. The molecular weight excluding hydrogens is 176 g/mol. The van der Waals surface area contributed by atoms with Crippen LogP contribution in [-0.4, -0.2) is 17.0 Å². The molecule has 12 heavy (non-hydrogen) atoms. The molecule has 0 aromatic heterocycles. The van der Waals surface area contributed by atoms with E-state index < -0.39 is 6.10 Å². The number of aliphatic hydroxyl groups excluding tert-OH is 1. The summed E-state index contributed by atoms with van der Waals surface area (Å²) in [5.41, 5.74) is 2.88. The number of hydrogen-bond donors (Lipinski definition) is 1. The number of rotatable bonds is 2. The van der Waals surface area contributed by atoms with Gasteiger partial charge in [-0.2, -0.15) is 0 Å². The van der Waals surface area contributed by atoms with Crippen LogP contribution in [-0.2, 0) is 4.79 Å². The molecule has 0 fully saturated rings. The first kappa shape index (κ1) is 9.49. The average Bonchev–Trinajstić information content (AvgIpc) is 2.25. The molecule has 1 rings (SSSR count). The highest BCUT2D eigenvalue weighted by Crippen LogP contribution is 2.25. The molecule has 0 aliphatic heterocycles. The van der Waals surface area contributed by atoms with E-state index in [2.05, 4.69) is 0 Å². The van der Waals surface area contributed by atoms with Crippen molar-refractivity contribution >= 4 is 17.4 Å². The summed E-state index contributed by atoms with van der Waals surface area (Å²) < 4.78 is 0. The van der Waals surface area contributed by atoms with E-state index in [9.17, 15) is 9.90 Å². The Hall–Kier alpha value is -0.600. The van der Waals surface area contributed by atoms with Crippen LogP contribution in [0.1, 0.15) is 19.8 Å². The van der Waals surface area contributed by atoms with Gasteiger partial charge in [0.15, 0.2) is 5.78 Å². The van der Waals surface area contributed by atoms with E-state index in [1.165, 1.54) is 5.54 Å². The topological polar surface area (TPSA) is 37.3 Å². The molecule has 1 atom stereocenters. The summed E-state index contributed by atoms with van der Waals surface area (Å²) >= 11 is 5.33. The van der Waals surface area contributed by atoms with E-state index in [1.54, 1.807) is 13.0 Å². The van der Waals surface area contributed by atoms with Gasteiger partial charge in [-0.3, -0.25) is 4.79 Å². The van der Waals surface area contributed by atoms with E-state index in [0.29, 0.717) is 12.0 Å². The lowest BCUT2D eigenvalue weighted by Crippen LogP contribution is -2.03. The number of ketones is 1. The highest BCUT2D eigenvalue weighted by atomic mass is 35.5. The fourth-order valence-corrected chi connectivity index (χ4v) is 1.40. The molecule has 1 aliphatic carbocycles. The fourth-order valence-electron chi connectivity index (χ4n) is 1.31. The zero-order chi connectivity index (χ0) is 9.14. The number of hydrogen-bond acceptors (Lipinski definition) is 2. The van der Waals surface area contributed by atoms with Crippen LogP contribution in [0.5, 0.6) is 0 Å². The van der Waals surface area contributed by atoms with Crippen LogP contribution in [0, 0.1) is 0 Å². The third-order valence-electron chi connectivity index (χ3n) is 2.10. The summed E-state index contributed by atoms with van der Waals surface area (Å²) in [5.74, 6) is 0.0368. The lowest BCUT2D eigenvalue weighted by molar-refractivity contribution is -0.115. The van der Waals surface area contributed by atoms with Gasteiger partial charge in [0.2, 0.25) is 0 Å². The highest BCUT2D eigenvalue weighted by Gasteiger charge is 2.26. The van der Waals surface area contributed by atoms with E-state index in [1.807, 2.05) is 0 Å². The zero-order valence-corrected chi connectivity index (χ0v) is 7.64. The van der Waals surface area contributed by atoms with E-state index in [4.69, 9.17) is 11.6 Å². The highest BCUT2D eigenvalue weighted by molar-refractivity contribution is 6.25. The second kappa shape index (κ2) is 3.87. The van der Waals surface area contributed by atoms with Crippen molar-refractivity contribution in [1.29, 1.82) is 0 Å². The van der Waals surface area contributed by atoms with E-state index in [0.717, 1.165) is 5.57 Å². The number of carbonyl (C=O) groups excluding carboxylic acids is 1. The van der Waals surface area contributed by atoms with Crippen molar-refractivity contribution in [3.05, 3.63) is 22.8 Å². The van der Waals surface area contributed by atoms with Gasteiger partial charge in [-0.25, -0.2) is 0 Å². The molecule has 66 valence electrons. The zero-order valence-electron chi connectivity index (χ0n) is 6.88. The van der Waals surface area contributed by atoms with E-state index in [-0.39, 0.29) is 12.2 Å². The average molecular weight is 187 g/mol. The number of Topliss-reactive ketones (excluding diaryl/α,β-unsaturated/α-hetero) is 1. The SMILES string of the molecule is CC1=C(C/C=C/Cl)C(=O)CC1O. The van der Waals surface area contributed by atoms with Gasteiger partial charge in [0.25, 0.3) is 0 Å².